The minimum absolute atomic E-state index is 0.150. The van der Waals surface area contributed by atoms with Crippen LogP contribution in [0.5, 0.6) is 0 Å². The normalized spacial score (nSPS) is 17.6. The number of benzene rings is 2. The van der Waals surface area contributed by atoms with Crippen molar-refractivity contribution in [3.05, 3.63) is 69.7 Å². The quantitative estimate of drug-likeness (QED) is 0.603. The fourth-order valence-corrected chi connectivity index (χ4v) is 5.61. The highest BCUT2D eigenvalue weighted by Gasteiger charge is 2.20. The molecule has 162 valence electrons. The maximum Gasteiger partial charge on any atom is 0.235 e. The van der Waals surface area contributed by atoms with Crippen molar-refractivity contribution in [2.24, 2.45) is 0 Å². The minimum atomic E-state index is -3.54. The second-order valence-electron chi connectivity index (χ2n) is 8.02. The van der Waals surface area contributed by atoms with Gasteiger partial charge in [0.25, 0.3) is 0 Å². The Morgan fingerprint density at radius 1 is 1.13 bits per heavy atom. The van der Waals surface area contributed by atoms with Crippen LogP contribution in [0.4, 0.5) is 0 Å². The van der Waals surface area contributed by atoms with E-state index in [2.05, 4.69) is 39.1 Å². The Morgan fingerprint density at radius 3 is 2.63 bits per heavy atom. The molecule has 30 heavy (non-hydrogen) atoms. The summed E-state index contributed by atoms with van der Waals surface area (Å²) in [6.45, 7) is 4.55. The molecule has 1 heterocycles. The summed E-state index contributed by atoms with van der Waals surface area (Å²) in [7, 11) is -3.54. The van der Waals surface area contributed by atoms with Gasteiger partial charge in [0.15, 0.2) is 9.84 Å². The molecule has 1 N–H and O–H groups in total. The summed E-state index contributed by atoms with van der Waals surface area (Å²) >= 11 is 3.34. The van der Waals surface area contributed by atoms with Crippen LogP contribution in [0.25, 0.3) is 0 Å². The van der Waals surface area contributed by atoms with Crippen LogP contribution in [0.3, 0.4) is 0 Å². The van der Waals surface area contributed by atoms with Gasteiger partial charge in [0, 0.05) is 23.6 Å². The third kappa shape index (κ3) is 6.93. The van der Waals surface area contributed by atoms with E-state index in [-0.39, 0.29) is 5.75 Å². The lowest BCUT2D eigenvalue weighted by Gasteiger charge is -2.33. The predicted molar refractivity (Wildman–Crippen MR) is 124 cm³/mol. The number of hydrogen-bond donors (Lipinski definition) is 1. The number of sulfone groups is 1. The zero-order chi connectivity index (χ0) is 21.6. The van der Waals surface area contributed by atoms with Crippen molar-refractivity contribution >= 4 is 31.7 Å². The fraction of sp³-hybridized carbons (Fsp3) is 0.435. The molecule has 1 amide bonds. The van der Waals surface area contributed by atoms with Gasteiger partial charge in [-0.25, -0.2) is 8.42 Å². The standard InChI is InChI=1S/C23H29BrN2O3S/c1-18-7-4-5-12-26(18)15-21-10-3-2-9-20(21)14-25-23(27)17-30(28,29)16-19-8-6-11-22(24)13-19/h2-3,6,8-11,13,18H,4-5,7,12,14-17H2,1H3,(H,25,27). The molecule has 7 heteroatoms. The Kier molecular flexibility index (Phi) is 8.08. The molecule has 0 bridgehead atoms. The number of nitrogens with zero attached hydrogens (tertiary/aromatic N) is 1. The molecule has 5 nitrogen and oxygen atoms in total. The van der Waals surface area contributed by atoms with Crippen molar-refractivity contribution in [3.8, 4) is 0 Å². The zero-order valence-corrected chi connectivity index (χ0v) is 19.7. The monoisotopic (exact) mass is 492 g/mol. The summed E-state index contributed by atoms with van der Waals surface area (Å²) in [5, 5.41) is 2.80. The van der Waals surface area contributed by atoms with Gasteiger partial charge in [-0.15, -0.1) is 0 Å². The van der Waals surface area contributed by atoms with Crippen LogP contribution in [0.15, 0.2) is 53.0 Å². The smallest absolute Gasteiger partial charge is 0.235 e. The van der Waals surface area contributed by atoms with Crippen LogP contribution >= 0.6 is 15.9 Å². The van der Waals surface area contributed by atoms with E-state index >= 15 is 0 Å². The van der Waals surface area contributed by atoms with Crippen LogP contribution in [0.2, 0.25) is 0 Å². The average molecular weight is 493 g/mol. The van der Waals surface area contributed by atoms with Gasteiger partial charge in [-0.3, -0.25) is 9.69 Å². The van der Waals surface area contributed by atoms with Crippen molar-refractivity contribution in [2.75, 3.05) is 12.3 Å². The number of hydrogen-bond acceptors (Lipinski definition) is 4. The molecule has 3 rings (SSSR count). The molecule has 0 spiro atoms. The van der Waals surface area contributed by atoms with Gasteiger partial charge in [-0.1, -0.05) is 58.7 Å². The van der Waals surface area contributed by atoms with Gasteiger partial charge in [0.1, 0.15) is 5.75 Å². The molecule has 0 aliphatic carbocycles. The minimum Gasteiger partial charge on any atom is -0.351 e. The number of piperidine rings is 1. The fourth-order valence-electron chi connectivity index (χ4n) is 3.87. The number of nitrogens with one attached hydrogen (secondary N) is 1. The van der Waals surface area contributed by atoms with Crippen LogP contribution < -0.4 is 5.32 Å². The first kappa shape index (κ1) is 23.0. The number of carbonyl (C=O) groups excluding carboxylic acids is 1. The lowest BCUT2D eigenvalue weighted by atomic mass is 10.0. The van der Waals surface area contributed by atoms with Crippen LogP contribution in [-0.4, -0.2) is 37.6 Å². The van der Waals surface area contributed by atoms with Crippen molar-refractivity contribution < 1.29 is 13.2 Å². The van der Waals surface area contributed by atoms with Crippen molar-refractivity contribution in [1.82, 2.24) is 10.2 Å². The maximum atomic E-state index is 12.4. The van der Waals surface area contributed by atoms with Crippen LogP contribution in [0.1, 0.15) is 42.9 Å². The van der Waals surface area contributed by atoms with E-state index < -0.39 is 21.5 Å². The molecule has 1 atom stereocenters. The summed E-state index contributed by atoms with van der Waals surface area (Å²) in [5.41, 5.74) is 2.88. The third-order valence-corrected chi connectivity index (χ3v) is 7.50. The average Bonchev–Trinajstić information content (AvgIpc) is 2.68. The maximum absolute atomic E-state index is 12.4. The van der Waals surface area contributed by atoms with Gasteiger partial charge in [-0.2, -0.15) is 0 Å². The molecular formula is C23H29BrN2O3S. The van der Waals surface area contributed by atoms with Gasteiger partial charge in [-0.05, 0) is 55.1 Å². The number of amides is 1. The van der Waals surface area contributed by atoms with E-state index in [0.717, 1.165) is 23.1 Å². The molecule has 1 unspecified atom stereocenters. The Morgan fingerprint density at radius 2 is 1.90 bits per heavy atom. The number of halogens is 1. The third-order valence-electron chi connectivity index (χ3n) is 5.54. The molecule has 1 saturated heterocycles. The van der Waals surface area contributed by atoms with Gasteiger partial charge >= 0.3 is 0 Å². The molecule has 0 aromatic heterocycles. The first-order chi connectivity index (χ1) is 14.3. The first-order valence-electron chi connectivity index (χ1n) is 10.3. The molecule has 2 aromatic rings. The van der Waals surface area contributed by atoms with Crippen molar-refractivity contribution in [2.45, 2.75) is 51.1 Å². The lowest BCUT2D eigenvalue weighted by molar-refractivity contribution is -0.118. The summed E-state index contributed by atoms with van der Waals surface area (Å²) in [6, 6.07) is 15.7. The highest BCUT2D eigenvalue weighted by molar-refractivity contribution is 9.10. The second kappa shape index (κ2) is 10.6. The van der Waals surface area contributed by atoms with E-state index in [1.165, 1.54) is 24.8 Å². The largest absolute Gasteiger partial charge is 0.351 e. The highest BCUT2D eigenvalue weighted by atomic mass is 79.9. The van der Waals surface area contributed by atoms with Gasteiger partial charge in [0.05, 0.1) is 5.75 Å². The number of carbonyl (C=O) groups is 1. The molecule has 0 radical (unpaired) electrons. The summed E-state index contributed by atoms with van der Waals surface area (Å²) < 4.78 is 25.7. The molecular weight excluding hydrogens is 464 g/mol. The van der Waals surface area contributed by atoms with E-state index in [4.69, 9.17) is 0 Å². The second-order valence-corrected chi connectivity index (χ2v) is 11.0. The van der Waals surface area contributed by atoms with E-state index in [1.54, 1.807) is 18.2 Å². The Hall–Kier alpha value is -1.70. The molecule has 1 aliphatic rings. The highest BCUT2D eigenvalue weighted by Crippen LogP contribution is 2.21. The van der Waals surface area contributed by atoms with E-state index in [9.17, 15) is 13.2 Å². The molecule has 2 aromatic carbocycles. The van der Waals surface area contributed by atoms with E-state index in [1.807, 2.05) is 24.3 Å². The molecule has 1 fully saturated rings. The first-order valence-corrected chi connectivity index (χ1v) is 13.0. The summed E-state index contributed by atoms with van der Waals surface area (Å²) in [5.74, 6) is -1.13. The lowest BCUT2D eigenvalue weighted by Crippen LogP contribution is -2.37. The zero-order valence-electron chi connectivity index (χ0n) is 17.3. The SMILES string of the molecule is CC1CCCCN1Cc1ccccc1CNC(=O)CS(=O)(=O)Cc1cccc(Br)c1. The van der Waals surface area contributed by atoms with Crippen LogP contribution in [0, 0.1) is 0 Å². The van der Waals surface area contributed by atoms with Gasteiger partial charge < -0.3 is 5.32 Å². The summed E-state index contributed by atoms with van der Waals surface area (Å²) in [6.07, 6.45) is 3.72. The van der Waals surface area contributed by atoms with Crippen molar-refractivity contribution in [1.29, 1.82) is 0 Å². The van der Waals surface area contributed by atoms with Gasteiger partial charge in [0.2, 0.25) is 5.91 Å². The predicted octanol–water partition coefficient (Wildman–Crippen LogP) is 4.05. The Bertz CT molecular complexity index is 978. The summed E-state index contributed by atoms with van der Waals surface area (Å²) in [4.78, 5) is 14.8. The van der Waals surface area contributed by atoms with Crippen LogP contribution in [-0.2, 0) is 33.5 Å². The Balaban J connectivity index is 1.56. The number of rotatable bonds is 8. The topological polar surface area (TPSA) is 66.5 Å². The Labute approximate surface area is 187 Å². The van der Waals surface area contributed by atoms with Crippen molar-refractivity contribution in [3.63, 3.8) is 0 Å². The number of likely N-dealkylation sites (tertiary alicyclic amines) is 1. The van der Waals surface area contributed by atoms with E-state index in [0.29, 0.717) is 18.2 Å². The molecule has 1 aliphatic heterocycles. The molecule has 0 saturated carbocycles.